The van der Waals surface area contributed by atoms with Gasteiger partial charge in [-0.1, -0.05) is 30.3 Å². The number of imide groups is 1. The number of likely N-dealkylation sites (N-methyl/N-ethyl adjacent to an activating group) is 1. The van der Waals surface area contributed by atoms with Gasteiger partial charge in [0.15, 0.2) is 0 Å². The Kier molecular flexibility index (Phi) is 3.81. The highest BCUT2D eigenvalue weighted by Crippen LogP contribution is 2.21. The summed E-state index contributed by atoms with van der Waals surface area (Å²) in [5.74, 6) is -0.304. The van der Waals surface area contributed by atoms with Gasteiger partial charge >= 0.3 is 0 Å². The van der Waals surface area contributed by atoms with Crippen LogP contribution in [0.1, 0.15) is 11.4 Å². The number of carbonyl (C=O) groups is 2. The average Bonchev–Trinajstić information content (AvgIpc) is 3.07. The molecular weight excluding hydrogens is 286 g/mol. The minimum Gasteiger partial charge on any atom is -0.299 e. The minimum atomic E-state index is -0.424. The fraction of sp³-hybridized carbons (Fsp3) is 0.267. The highest BCUT2D eigenvalue weighted by Gasteiger charge is 2.35. The van der Waals surface area contributed by atoms with Crippen LogP contribution in [0.2, 0.25) is 0 Å². The molecule has 3 rings (SSSR count). The van der Waals surface area contributed by atoms with Crippen LogP contribution in [0.4, 0.5) is 0 Å². The van der Waals surface area contributed by atoms with Gasteiger partial charge in [-0.25, -0.2) is 4.98 Å². The molecule has 1 N–H and O–H groups in total. The highest BCUT2D eigenvalue weighted by atomic mass is 32.1. The van der Waals surface area contributed by atoms with Gasteiger partial charge in [0.2, 0.25) is 11.8 Å². The summed E-state index contributed by atoms with van der Waals surface area (Å²) in [6, 6.07) is 9.53. The Morgan fingerprint density at radius 1 is 1.33 bits per heavy atom. The molecule has 2 amide bonds. The number of nitrogens with one attached hydrogen (secondary N) is 1. The lowest BCUT2D eigenvalue weighted by Crippen LogP contribution is -2.36. The van der Waals surface area contributed by atoms with E-state index in [2.05, 4.69) is 10.3 Å². The van der Waals surface area contributed by atoms with Crippen molar-refractivity contribution in [1.29, 1.82) is 0 Å². The summed E-state index contributed by atoms with van der Waals surface area (Å²) in [7, 11) is 1.52. The lowest BCUT2D eigenvalue weighted by Gasteiger charge is -2.09. The van der Waals surface area contributed by atoms with Gasteiger partial charge in [0.25, 0.3) is 0 Å². The molecule has 1 unspecified atom stereocenters. The van der Waals surface area contributed by atoms with Crippen molar-refractivity contribution in [1.82, 2.24) is 15.2 Å². The summed E-state index contributed by atoms with van der Waals surface area (Å²) in [6.45, 7) is 0.495. The summed E-state index contributed by atoms with van der Waals surface area (Å²) in [5, 5.41) is 6.02. The van der Waals surface area contributed by atoms with Crippen molar-refractivity contribution in [3.05, 3.63) is 40.7 Å². The SMILES string of the molecule is CN1C(=O)CC(NCc2nc(-c3ccccc3)cs2)C1=O. The lowest BCUT2D eigenvalue weighted by molar-refractivity contribution is -0.137. The maximum atomic E-state index is 11.8. The molecule has 0 radical (unpaired) electrons. The van der Waals surface area contributed by atoms with Gasteiger partial charge in [-0.2, -0.15) is 0 Å². The predicted octanol–water partition coefficient (Wildman–Crippen LogP) is 1.66. The molecule has 2 heterocycles. The Morgan fingerprint density at radius 3 is 2.76 bits per heavy atom. The monoisotopic (exact) mass is 301 g/mol. The van der Waals surface area contributed by atoms with Gasteiger partial charge in [0.1, 0.15) is 5.01 Å². The second-order valence-corrected chi connectivity index (χ2v) is 5.86. The maximum Gasteiger partial charge on any atom is 0.246 e. The molecule has 108 valence electrons. The van der Waals surface area contributed by atoms with Gasteiger partial charge in [-0.05, 0) is 0 Å². The molecule has 1 aromatic carbocycles. The van der Waals surface area contributed by atoms with Crippen LogP contribution in [0, 0.1) is 0 Å². The number of hydrogen-bond acceptors (Lipinski definition) is 5. The molecule has 5 nitrogen and oxygen atoms in total. The third kappa shape index (κ3) is 2.86. The standard InChI is InChI=1S/C15H15N3O2S/c1-18-14(19)7-11(15(18)20)16-8-13-17-12(9-21-13)10-5-3-2-4-6-10/h2-6,9,11,16H,7-8H2,1H3. The molecule has 1 atom stereocenters. The first kappa shape index (κ1) is 13.9. The van der Waals surface area contributed by atoms with Crippen molar-refractivity contribution in [2.45, 2.75) is 19.0 Å². The summed E-state index contributed by atoms with van der Waals surface area (Å²) in [6.07, 6.45) is 0.228. The maximum absolute atomic E-state index is 11.8. The molecule has 1 fully saturated rings. The molecule has 1 saturated heterocycles. The molecule has 0 saturated carbocycles. The number of rotatable bonds is 4. The zero-order chi connectivity index (χ0) is 14.8. The molecule has 1 aliphatic heterocycles. The molecule has 6 heteroatoms. The number of likely N-dealkylation sites (tertiary alicyclic amines) is 1. The molecule has 1 aromatic heterocycles. The number of amides is 2. The van der Waals surface area contributed by atoms with Crippen LogP contribution >= 0.6 is 11.3 Å². The number of hydrogen-bond donors (Lipinski definition) is 1. The molecule has 0 aliphatic carbocycles. The van der Waals surface area contributed by atoms with Gasteiger partial charge in [-0.15, -0.1) is 11.3 Å². The Bertz CT molecular complexity index is 669. The second-order valence-electron chi connectivity index (χ2n) is 4.92. The molecule has 1 aliphatic rings. The highest BCUT2D eigenvalue weighted by molar-refractivity contribution is 7.09. The van der Waals surface area contributed by atoms with Gasteiger partial charge < -0.3 is 0 Å². The van der Waals surface area contributed by atoms with Gasteiger partial charge in [-0.3, -0.25) is 19.8 Å². The second kappa shape index (κ2) is 5.75. The van der Waals surface area contributed by atoms with Crippen molar-refractivity contribution in [3.63, 3.8) is 0 Å². The Hall–Kier alpha value is -2.05. The van der Waals surface area contributed by atoms with Crippen molar-refractivity contribution >= 4 is 23.2 Å². The van der Waals surface area contributed by atoms with Crippen LogP contribution in [0.3, 0.4) is 0 Å². The van der Waals surface area contributed by atoms with E-state index in [4.69, 9.17) is 0 Å². The first-order valence-electron chi connectivity index (χ1n) is 6.69. The lowest BCUT2D eigenvalue weighted by atomic mass is 10.2. The first-order chi connectivity index (χ1) is 10.1. The molecule has 0 bridgehead atoms. The average molecular weight is 301 g/mol. The van der Waals surface area contributed by atoms with Crippen LogP contribution in [0.25, 0.3) is 11.3 Å². The number of aromatic nitrogens is 1. The van der Waals surface area contributed by atoms with E-state index in [0.717, 1.165) is 16.3 Å². The summed E-state index contributed by atoms with van der Waals surface area (Å²) < 4.78 is 0. The quantitative estimate of drug-likeness (QED) is 0.872. The van der Waals surface area contributed by atoms with E-state index < -0.39 is 6.04 Å². The van der Waals surface area contributed by atoms with Crippen LogP contribution in [-0.2, 0) is 16.1 Å². The van der Waals surface area contributed by atoms with Crippen molar-refractivity contribution in [2.24, 2.45) is 0 Å². The predicted molar refractivity (Wildman–Crippen MR) is 80.6 cm³/mol. The molecule has 21 heavy (non-hydrogen) atoms. The van der Waals surface area contributed by atoms with Crippen molar-refractivity contribution in [3.8, 4) is 11.3 Å². The molecule has 0 spiro atoms. The molecule has 2 aromatic rings. The van der Waals surface area contributed by atoms with E-state index in [-0.39, 0.29) is 18.2 Å². The Morgan fingerprint density at radius 2 is 2.10 bits per heavy atom. The van der Waals surface area contributed by atoms with E-state index >= 15 is 0 Å². The first-order valence-corrected chi connectivity index (χ1v) is 7.56. The third-order valence-corrected chi connectivity index (χ3v) is 4.35. The minimum absolute atomic E-state index is 0.137. The normalized spacial score (nSPS) is 18.5. The fourth-order valence-electron chi connectivity index (χ4n) is 2.26. The third-order valence-electron chi connectivity index (χ3n) is 3.50. The molecular formula is C15H15N3O2S. The van der Waals surface area contributed by atoms with E-state index in [1.54, 1.807) is 11.3 Å². The Balaban J connectivity index is 1.64. The number of nitrogens with zero attached hydrogens (tertiary/aromatic N) is 2. The summed E-state index contributed by atoms with van der Waals surface area (Å²) in [5.41, 5.74) is 2.01. The van der Waals surface area contributed by atoms with Crippen LogP contribution in [0.5, 0.6) is 0 Å². The zero-order valence-corrected chi connectivity index (χ0v) is 12.4. The van der Waals surface area contributed by atoms with Crippen molar-refractivity contribution in [2.75, 3.05) is 7.05 Å². The van der Waals surface area contributed by atoms with Crippen LogP contribution in [0.15, 0.2) is 35.7 Å². The Labute approximate surface area is 126 Å². The van der Waals surface area contributed by atoms with E-state index in [0.29, 0.717) is 6.54 Å². The van der Waals surface area contributed by atoms with Crippen molar-refractivity contribution < 1.29 is 9.59 Å². The largest absolute Gasteiger partial charge is 0.299 e. The topological polar surface area (TPSA) is 62.3 Å². The van der Waals surface area contributed by atoms with E-state index in [1.165, 1.54) is 11.9 Å². The van der Waals surface area contributed by atoms with Gasteiger partial charge in [0.05, 0.1) is 18.2 Å². The summed E-state index contributed by atoms with van der Waals surface area (Å²) >= 11 is 1.55. The van der Waals surface area contributed by atoms with Crippen LogP contribution in [-0.4, -0.2) is 34.8 Å². The summed E-state index contributed by atoms with van der Waals surface area (Å²) in [4.78, 5) is 29.0. The number of carbonyl (C=O) groups excluding carboxylic acids is 2. The van der Waals surface area contributed by atoms with E-state index in [9.17, 15) is 9.59 Å². The number of benzene rings is 1. The number of thiazole rings is 1. The van der Waals surface area contributed by atoms with Crippen LogP contribution < -0.4 is 5.32 Å². The van der Waals surface area contributed by atoms with E-state index in [1.807, 2.05) is 35.7 Å². The van der Waals surface area contributed by atoms with Gasteiger partial charge in [0, 0.05) is 24.5 Å². The smallest absolute Gasteiger partial charge is 0.246 e. The fourth-order valence-corrected chi connectivity index (χ4v) is 3.01. The zero-order valence-electron chi connectivity index (χ0n) is 11.6.